The molecule has 0 radical (unpaired) electrons. The fraction of sp³-hybridized carbons (Fsp3) is 0.500. The van der Waals surface area contributed by atoms with Crippen molar-refractivity contribution >= 4 is 40.8 Å². The van der Waals surface area contributed by atoms with Gasteiger partial charge in [0.1, 0.15) is 17.5 Å². The van der Waals surface area contributed by atoms with Gasteiger partial charge in [0.2, 0.25) is 11.8 Å². The summed E-state index contributed by atoms with van der Waals surface area (Å²) in [7, 11) is 1.48. The Bertz CT molecular complexity index is 1060. The number of aryl methyl sites for hydroxylation is 1. The molecule has 1 aromatic heterocycles. The molecule has 0 bridgehead atoms. The minimum atomic E-state index is -0.493. The fourth-order valence-electron chi connectivity index (χ4n) is 3.52. The SMILES string of the molecule is COc1cc(O)c2c(c1C)C(=O)OCCCCC(=S)NC(c1nc(CCC(N)=O)no1)CSC2. The first-order valence-corrected chi connectivity index (χ1v) is 12.4. The van der Waals surface area contributed by atoms with Crippen LogP contribution in [-0.4, -0.2) is 51.6 Å². The summed E-state index contributed by atoms with van der Waals surface area (Å²) in [5.41, 5.74) is 6.60. The second kappa shape index (κ2) is 12.0. The van der Waals surface area contributed by atoms with Gasteiger partial charge in [-0.05, 0) is 26.2 Å². The van der Waals surface area contributed by atoms with E-state index in [4.69, 9.17) is 31.9 Å². The number of benzene rings is 1. The van der Waals surface area contributed by atoms with E-state index in [1.165, 1.54) is 24.9 Å². The van der Waals surface area contributed by atoms with Crippen LogP contribution < -0.4 is 15.8 Å². The Morgan fingerprint density at radius 2 is 2.24 bits per heavy atom. The molecule has 1 aliphatic rings. The molecule has 34 heavy (non-hydrogen) atoms. The van der Waals surface area contributed by atoms with Crippen molar-refractivity contribution in [2.45, 2.75) is 50.8 Å². The quantitative estimate of drug-likeness (QED) is 0.404. The van der Waals surface area contributed by atoms with Gasteiger partial charge in [0, 0.05) is 41.5 Å². The summed E-state index contributed by atoms with van der Waals surface area (Å²) in [5, 5.41) is 17.8. The van der Waals surface area contributed by atoms with Gasteiger partial charge in [-0.1, -0.05) is 17.4 Å². The maximum atomic E-state index is 12.9. The van der Waals surface area contributed by atoms with Gasteiger partial charge in [-0.3, -0.25) is 4.79 Å². The number of carbonyl (C=O) groups is 2. The Morgan fingerprint density at radius 1 is 1.44 bits per heavy atom. The van der Waals surface area contributed by atoms with E-state index in [2.05, 4.69) is 15.5 Å². The van der Waals surface area contributed by atoms with E-state index in [-0.39, 0.29) is 31.2 Å². The molecule has 1 amide bonds. The first kappa shape index (κ1) is 25.8. The number of hydrogen-bond acceptors (Lipinski definition) is 10. The average Bonchev–Trinajstić information content (AvgIpc) is 3.27. The maximum Gasteiger partial charge on any atom is 0.338 e. The zero-order valence-electron chi connectivity index (χ0n) is 19.1. The molecule has 10 nitrogen and oxygen atoms in total. The summed E-state index contributed by atoms with van der Waals surface area (Å²) in [6.45, 7) is 2.00. The highest BCUT2D eigenvalue weighted by Crippen LogP contribution is 2.36. The molecule has 1 unspecified atom stereocenters. The second-order valence-electron chi connectivity index (χ2n) is 7.82. The van der Waals surface area contributed by atoms with Crippen molar-refractivity contribution in [1.29, 1.82) is 0 Å². The highest BCUT2D eigenvalue weighted by Gasteiger charge is 2.25. The third-order valence-electron chi connectivity index (χ3n) is 5.32. The molecule has 0 aliphatic carbocycles. The highest BCUT2D eigenvalue weighted by molar-refractivity contribution is 7.98. The lowest BCUT2D eigenvalue weighted by molar-refractivity contribution is -0.118. The lowest BCUT2D eigenvalue weighted by Crippen LogP contribution is -2.29. The van der Waals surface area contributed by atoms with Crippen molar-refractivity contribution in [2.75, 3.05) is 19.5 Å². The lowest BCUT2D eigenvalue weighted by Gasteiger charge is -2.20. The number of ether oxygens (including phenoxy) is 2. The van der Waals surface area contributed by atoms with Crippen LogP contribution in [0.4, 0.5) is 0 Å². The third-order valence-corrected chi connectivity index (χ3v) is 6.71. The van der Waals surface area contributed by atoms with Gasteiger partial charge in [0.05, 0.1) is 24.3 Å². The van der Waals surface area contributed by atoms with Gasteiger partial charge in [-0.25, -0.2) is 4.79 Å². The largest absolute Gasteiger partial charge is 0.507 e. The molecule has 3 rings (SSSR count). The molecule has 0 saturated carbocycles. The molecule has 1 aliphatic heterocycles. The smallest absolute Gasteiger partial charge is 0.338 e. The van der Waals surface area contributed by atoms with E-state index in [0.29, 0.717) is 63.5 Å². The number of esters is 1. The van der Waals surface area contributed by atoms with Crippen molar-refractivity contribution in [3.8, 4) is 11.5 Å². The molecule has 2 aromatic rings. The number of carbonyl (C=O) groups excluding carboxylic acids is 2. The first-order chi connectivity index (χ1) is 16.3. The Kier molecular flexibility index (Phi) is 9.11. The molecular weight excluding hydrogens is 480 g/mol. The number of rotatable bonds is 5. The summed E-state index contributed by atoms with van der Waals surface area (Å²) in [6.07, 6.45) is 2.38. The number of aromatic hydroxyl groups is 1. The number of nitrogens with one attached hydrogen (secondary N) is 1. The number of nitrogens with zero attached hydrogens (tertiary/aromatic N) is 2. The highest BCUT2D eigenvalue weighted by atomic mass is 32.2. The van der Waals surface area contributed by atoms with Gasteiger partial charge >= 0.3 is 5.97 Å². The monoisotopic (exact) mass is 508 g/mol. The normalized spacial score (nSPS) is 17.8. The number of phenolic OH excluding ortho intramolecular Hbond substituents is 1. The molecule has 0 fully saturated rings. The van der Waals surface area contributed by atoms with Crippen LogP contribution >= 0.6 is 24.0 Å². The van der Waals surface area contributed by atoms with Crippen LogP contribution in [0.2, 0.25) is 0 Å². The molecule has 1 aromatic carbocycles. The second-order valence-corrected chi connectivity index (χ2v) is 9.34. The van der Waals surface area contributed by atoms with Crippen molar-refractivity contribution in [1.82, 2.24) is 15.5 Å². The van der Waals surface area contributed by atoms with Gasteiger partial charge in [0.15, 0.2) is 5.82 Å². The number of phenols is 1. The van der Waals surface area contributed by atoms with E-state index in [0.717, 1.165) is 6.42 Å². The maximum absolute atomic E-state index is 12.9. The average molecular weight is 509 g/mol. The molecule has 4 N–H and O–H groups in total. The van der Waals surface area contributed by atoms with Crippen LogP contribution in [0.15, 0.2) is 10.6 Å². The molecule has 0 saturated heterocycles. The van der Waals surface area contributed by atoms with Crippen LogP contribution in [0.5, 0.6) is 11.5 Å². The number of methoxy groups -OCH3 is 1. The van der Waals surface area contributed by atoms with Crippen LogP contribution in [0.3, 0.4) is 0 Å². The molecule has 0 spiro atoms. The van der Waals surface area contributed by atoms with Crippen molar-refractivity contribution in [3.05, 3.63) is 34.5 Å². The summed E-state index contributed by atoms with van der Waals surface area (Å²) >= 11 is 6.94. The number of thioether (sulfide) groups is 1. The number of amides is 1. The Hall–Kier alpha value is -2.86. The topological polar surface area (TPSA) is 150 Å². The predicted octanol–water partition coefficient (Wildman–Crippen LogP) is 2.74. The van der Waals surface area contributed by atoms with E-state index >= 15 is 0 Å². The van der Waals surface area contributed by atoms with Crippen molar-refractivity contribution < 1.29 is 28.7 Å². The van der Waals surface area contributed by atoms with Gasteiger partial charge in [0.25, 0.3) is 0 Å². The number of aromatic nitrogens is 2. The molecule has 2 heterocycles. The fourth-order valence-corrected chi connectivity index (χ4v) is 4.88. The number of fused-ring (bicyclic) bond motifs is 1. The minimum absolute atomic E-state index is 0.0412. The van der Waals surface area contributed by atoms with E-state index in [1.807, 2.05) is 0 Å². The van der Waals surface area contributed by atoms with Crippen LogP contribution in [0.1, 0.15) is 64.9 Å². The number of hydrogen-bond donors (Lipinski definition) is 3. The molecule has 12 heteroatoms. The van der Waals surface area contributed by atoms with Crippen LogP contribution in [0.25, 0.3) is 0 Å². The summed E-state index contributed by atoms with van der Waals surface area (Å²) < 4.78 is 16.2. The number of primary amides is 1. The van der Waals surface area contributed by atoms with E-state index < -0.39 is 11.9 Å². The third kappa shape index (κ3) is 6.60. The Morgan fingerprint density at radius 3 is 2.97 bits per heavy atom. The van der Waals surface area contributed by atoms with Crippen LogP contribution in [-0.2, 0) is 21.7 Å². The van der Waals surface area contributed by atoms with Crippen molar-refractivity contribution in [3.63, 3.8) is 0 Å². The minimum Gasteiger partial charge on any atom is -0.507 e. The Labute approximate surface area is 206 Å². The van der Waals surface area contributed by atoms with Crippen molar-refractivity contribution in [2.24, 2.45) is 5.73 Å². The Balaban J connectivity index is 1.86. The number of cyclic esters (lactones) is 1. The van der Waals surface area contributed by atoms with Gasteiger partial charge < -0.3 is 30.2 Å². The first-order valence-electron chi connectivity index (χ1n) is 10.8. The molecule has 184 valence electrons. The molecule has 1 atom stereocenters. The zero-order chi connectivity index (χ0) is 24.7. The number of thiocarbonyl (C=S) groups is 1. The summed E-state index contributed by atoms with van der Waals surface area (Å²) in [6, 6.07) is 1.12. The van der Waals surface area contributed by atoms with Gasteiger partial charge in [-0.15, -0.1) is 0 Å². The zero-order valence-corrected chi connectivity index (χ0v) is 20.7. The number of nitrogens with two attached hydrogens (primary N) is 1. The van der Waals surface area contributed by atoms with E-state index in [9.17, 15) is 14.7 Å². The standard InChI is InChI=1S/C22H28N4O6S2/c1-12-16(30-2)9-15(27)13-10-34-11-14(21-25-18(26-32-21)7-6-17(23)28)24-19(33)5-3-4-8-31-22(29)20(12)13/h9,14,27H,3-8,10-11H2,1-2H3,(H2,23,28)(H,24,33). The van der Waals surface area contributed by atoms with Crippen LogP contribution in [0, 0.1) is 6.92 Å². The molecular formula is C22H28N4O6S2. The lowest BCUT2D eigenvalue weighted by atomic mass is 10.0. The van der Waals surface area contributed by atoms with E-state index in [1.54, 1.807) is 6.92 Å². The summed E-state index contributed by atoms with van der Waals surface area (Å²) in [5.74, 6) is 0.969. The van der Waals surface area contributed by atoms with Gasteiger partial charge in [-0.2, -0.15) is 16.7 Å². The summed E-state index contributed by atoms with van der Waals surface area (Å²) in [4.78, 5) is 29.0. The predicted molar refractivity (Wildman–Crippen MR) is 130 cm³/mol.